The maximum atomic E-state index is 12.6. The fourth-order valence-corrected chi connectivity index (χ4v) is 3.77. The molecule has 6 nitrogen and oxygen atoms in total. The Kier molecular flexibility index (Phi) is 5.06. The van der Waals surface area contributed by atoms with Crippen LogP contribution in [0, 0.1) is 5.92 Å². The Hall–Kier alpha value is -2.37. The molecule has 0 saturated carbocycles. The first kappa shape index (κ1) is 17.5. The number of aryl methyl sites for hydroxylation is 1. The number of benzene rings is 1. The number of para-hydroxylation sites is 1. The molecule has 1 aromatic carbocycles. The zero-order chi connectivity index (χ0) is 18.0. The Morgan fingerprint density at radius 1 is 1.24 bits per heavy atom. The van der Waals surface area contributed by atoms with Gasteiger partial charge in [-0.15, -0.1) is 0 Å². The van der Waals surface area contributed by atoms with Crippen molar-refractivity contribution < 1.29 is 19.5 Å². The lowest BCUT2D eigenvalue weighted by atomic mass is 9.92. The zero-order valence-electron chi connectivity index (χ0n) is 14.5. The Balaban J connectivity index is 1.68. The predicted molar refractivity (Wildman–Crippen MR) is 93.3 cm³/mol. The summed E-state index contributed by atoms with van der Waals surface area (Å²) >= 11 is 0. The third-order valence-electron chi connectivity index (χ3n) is 5.21. The molecule has 1 aromatic rings. The molecule has 2 unspecified atom stereocenters. The number of rotatable bonds is 4. The zero-order valence-corrected chi connectivity index (χ0v) is 14.5. The second kappa shape index (κ2) is 7.25. The van der Waals surface area contributed by atoms with E-state index < -0.39 is 12.0 Å². The number of carbonyl (C=O) groups is 3. The molecule has 0 radical (unpaired) electrons. The molecular weight excluding hydrogens is 320 g/mol. The number of amides is 2. The van der Waals surface area contributed by atoms with E-state index in [1.165, 1.54) is 4.90 Å². The van der Waals surface area contributed by atoms with Gasteiger partial charge in [0.1, 0.15) is 6.04 Å². The van der Waals surface area contributed by atoms with Gasteiger partial charge in [-0.1, -0.05) is 25.1 Å². The van der Waals surface area contributed by atoms with E-state index in [1.807, 2.05) is 31.2 Å². The maximum Gasteiger partial charge on any atom is 0.326 e. The van der Waals surface area contributed by atoms with Crippen molar-refractivity contribution in [1.82, 2.24) is 4.90 Å². The van der Waals surface area contributed by atoms with Gasteiger partial charge in [0, 0.05) is 31.6 Å². The summed E-state index contributed by atoms with van der Waals surface area (Å²) in [5.41, 5.74) is 1.98. The number of hydrogen-bond acceptors (Lipinski definition) is 3. The number of piperidine rings is 1. The first-order chi connectivity index (χ1) is 12.0. The highest BCUT2D eigenvalue weighted by molar-refractivity contribution is 5.97. The topological polar surface area (TPSA) is 77.9 Å². The number of carboxylic acids is 1. The van der Waals surface area contributed by atoms with Gasteiger partial charge in [-0.05, 0) is 36.8 Å². The van der Waals surface area contributed by atoms with E-state index in [0.29, 0.717) is 31.8 Å². The average molecular weight is 344 g/mol. The lowest BCUT2D eigenvalue weighted by Crippen LogP contribution is -2.50. The summed E-state index contributed by atoms with van der Waals surface area (Å²) in [7, 11) is 0. The van der Waals surface area contributed by atoms with E-state index in [4.69, 9.17) is 0 Å². The van der Waals surface area contributed by atoms with Gasteiger partial charge in [0.25, 0.3) is 0 Å². The third-order valence-corrected chi connectivity index (χ3v) is 5.21. The number of likely N-dealkylation sites (tertiary alicyclic amines) is 1. The average Bonchev–Trinajstić information content (AvgIpc) is 2.60. The largest absolute Gasteiger partial charge is 0.480 e. The van der Waals surface area contributed by atoms with Gasteiger partial charge in [-0.3, -0.25) is 9.59 Å². The molecular formula is C19H24N2O4. The van der Waals surface area contributed by atoms with Crippen LogP contribution in [0.1, 0.15) is 38.2 Å². The summed E-state index contributed by atoms with van der Waals surface area (Å²) < 4.78 is 0. The van der Waals surface area contributed by atoms with Crippen LogP contribution in [0.2, 0.25) is 0 Å². The van der Waals surface area contributed by atoms with Crippen LogP contribution in [0.3, 0.4) is 0 Å². The van der Waals surface area contributed by atoms with Crippen LogP contribution in [-0.4, -0.2) is 46.9 Å². The van der Waals surface area contributed by atoms with Crippen LogP contribution in [0.25, 0.3) is 0 Å². The molecule has 2 atom stereocenters. The number of carboxylic acid groups (broad SMARTS) is 1. The van der Waals surface area contributed by atoms with E-state index in [9.17, 15) is 19.5 Å². The fraction of sp³-hybridized carbons (Fsp3) is 0.526. The SMILES string of the molecule is CC1CCN(C(=O)CCN2C(=O)CCc3ccccc32)C(C(=O)O)C1. The second-order valence-corrected chi connectivity index (χ2v) is 6.99. The van der Waals surface area contributed by atoms with Gasteiger partial charge in [-0.25, -0.2) is 4.79 Å². The number of carbonyl (C=O) groups excluding carboxylic acids is 2. The molecule has 2 heterocycles. The molecule has 2 amide bonds. The summed E-state index contributed by atoms with van der Waals surface area (Å²) in [6.45, 7) is 2.79. The lowest BCUT2D eigenvalue weighted by molar-refractivity contribution is -0.153. The summed E-state index contributed by atoms with van der Waals surface area (Å²) in [5.74, 6) is -0.802. The van der Waals surface area contributed by atoms with Gasteiger partial charge in [-0.2, -0.15) is 0 Å². The molecule has 2 aliphatic rings. The molecule has 2 aliphatic heterocycles. The van der Waals surface area contributed by atoms with Crippen molar-refractivity contribution >= 4 is 23.5 Å². The second-order valence-electron chi connectivity index (χ2n) is 6.99. The van der Waals surface area contributed by atoms with Crippen molar-refractivity contribution in [3.05, 3.63) is 29.8 Å². The quantitative estimate of drug-likeness (QED) is 0.907. The van der Waals surface area contributed by atoms with Crippen molar-refractivity contribution in [2.75, 3.05) is 18.0 Å². The normalized spacial score (nSPS) is 23.3. The summed E-state index contributed by atoms with van der Waals surface area (Å²) in [5, 5.41) is 9.41. The molecule has 1 N–H and O–H groups in total. The number of fused-ring (bicyclic) bond motifs is 1. The summed E-state index contributed by atoms with van der Waals surface area (Å²) in [4.78, 5) is 39.5. The minimum Gasteiger partial charge on any atom is -0.480 e. The van der Waals surface area contributed by atoms with Gasteiger partial charge in [0.2, 0.25) is 11.8 Å². The van der Waals surface area contributed by atoms with Gasteiger partial charge in [0.15, 0.2) is 0 Å². The molecule has 0 bridgehead atoms. The molecule has 0 aromatic heterocycles. The van der Waals surface area contributed by atoms with Crippen LogP contribution in [-0.2, 0) is 20.8 Å². The minimum atomic E-state index is -0.945. The molecule has 0 spiro atoms. The molecule has 0 aliphatic carbocycles. The highest BCUT2D eigenvalue weighted by atomic mass is 16.4. The fourth-order valence-electron chi connectivity index (χ4n) is 3.77. The van der Waals surface area contributed by atoms with Crippen molar-refractivity contribution in [3.63, 3.8) is 0 Å². The van der Waals surface area contributed by atoms with E-state index in [2.05, 4.69) is 0 Å². The summed E-state index contributed by atoms with van der Waals surface area (Å²) in [6.07, 6.45) is 2.64. The third kappa shape index (κ3) is 3.67. The van der Waals surface area contributed by atoms with Crippen LogP contribution >= 0.6 is 0 Å². The van der Waals surface area contributed by atoms with Gasteiger partial charge in [0.05, 0.1) is 0 Å². The Labute approximate surface area is 147 Å². The molecule has 25 heavy (non-hydrogen) atoms. The standard InChI is InChI=1S/C19H24N2O4/c1-13-8-10-21(16(12-13)19(24)25)18(23)9-11-20-15-5-3-2-4-14(15)6-7-17(20)22/h2-5,13,16H,6-12H2,1H3,(H,24,25). The van der Waals surface area contributed by atoms with E-state index in [-0.39, 0.29) is 18.2 Å². The van der Waals surface area contributed by atoms with E-state index >= 15 is 0 Å². The Bertz CT molecular complexity index is 688. The number of nitrogens with zero attached hydrogens (tertiary/aromatic N) is 2. The van der Waals surface area contributed by atoms with Crippen molar-refractivity contribution in [2.24, 2.45) is 5.92 Å². The lowest BCUT2D eigenvalue weighted by Gasteiger charge is -2.37. The highest BCUT2D eigenvalue weighted by Gasteiger charge is 2.35. The number of aliphatic carboxylic acids is 1. The van der Waals surface area contributed by atoms with Crippen LogP contribution in [0.5, 0.6) is 0 Å². The van der Waals surface area contributed by atoms with Crippen LogP contribution in [0.15, 0.2) is 24.3 Å². The van der Waals surface area contributed by atoms with Crippen LogP contribution < -0.4 is 4.90 Å². The Morgan fingerprint density at radius 3 is 2.76 bits per heavy atom. The van der Waals surface area contributed by atoms with Crippen molar-refractivity contribution in [3.8, 4) is 0 Å². The van der Waals surface area contributed by atoms with Gasteiger partial charge < -0.3 is 14.9 Å². The van der Waals surface area contributed by atoms with Crippen molar-refractivity contribution in [1.29, 1.82) is 0 Å². The summed E-state index contributed by atoms with van der Waals surface area (Å²) in [6, 6.07) is 6.99. The van der Waals surface area contributed by atoms with E-state index in [0.717, 1.165) is 24.1 Å². The molecule has 3 rings (SSSR count). The van der Waals surface area contributed by atoms with Crippen molar-refractivity contribution in [2.45, 2.75) is 45.1 Å². The molecule has 134 valence electrons. The molecule has 1 saturated heterocycles. The number of anilines is 1. The smallest absolute Gasteiger partial charge is 0.326 e. The minimum absolute atomic E-state index is 0.0218. The predicted octanol–water partition coefficient (Wildman–Crippen LogP) is 2.07. The van der Waals surface area contributed by atoms with Gasteiger partial charge >= 0.3 is 5.97 Å². The highest BCUT2D eigenvalue weighted by Crippen LogP contribution is 2.28. The Morgan fingerprint density at radius 2 is 2.00 bits per heavy atom. The monoisotopic (exact) mass is 344 g/mol. The maximum absolute atomic E-state index is 12.6. The molecule has 6 heteroatoms. The number of hydrogen-bond donors (Lipinski definition) is 1. The first-order valence-corrected chi connectivity index (χ1v) is 8.88. The first-order valence-electron chi connectivity index (χ1n) is 8.88. The van der Waals surface area contributed by atoms with Crippen LogP contribution in [0.4, 0.5) is 5.69 Å². The van der Waals surface area contributed by atoms with E-state index in [1.54, 1.807) is 4.90 Å². The molecule has 1 fully saturated rings.